The maximum absolute atomic E-state index is 13.0. The summed E-state index contributed by atoms with van der Waals surface area (Å²) in [5, 5.41) is 9.37. The first-order chi connectivity index (χ1) is 6.70. The molecule has 0 aliphatic heterocycles. The number of benzene rings is 1. The van der Waals surface area contributed by atoms with Gasteiger partial charge in [-0.2, -0.15) is 5.26 Å². The van der Waals surface area contributed by atoms with E-state index in [0.29, 0.717) is 16.6 Å². The molecule has 0 saturated heterocycles. The Balaban J connectivity index is 2.84. The quantitative estimate of drug-likeness (QED) is 0.701. The highest BCUT2D eigenvalue weighted by atomic mass is 127. The van der Waals surface area contributed by atoms with Crippen LogP contribution in [0.5, 0.6) is 0 Å². The zero-order chi connectivity index (χ0) is 10.1. The van der Waals surface area contributed by atoms with E-state index in [4.69, 9.17) is 5.26 Å². The summed E-state index contributed by atoms with van der Waals surface area (Å²) in [6, 6.07) is 8.04. The number of hydrogen-bond donors (Lipinski definition) is 0. The van der Waals surface area contributed by atoms with Gasteiger partial charge >= 0.3 is 0 Å². The van der Waals surface area contributed by atoms with Crippen molar-refractivity contribution in [2.45, 2.75) is 0 Å². The highest BCUT2D eigenvalue weighted by Gasteiger charge is 2.04. The molecule has 1 aromatic carbocycles. The van der Waals surface area contributed by atoms with Crippen molar-refractivity contribution in [1.29, 1.82) is 5.26 Å². The smallest absolute Gasteiger partial charge is 0.141 e. The fraction of sp³-hybridized carbons (Fsp3) is 0. The third-order valence-corrected chi connectivity index (χ3v) is 2.65. The molecule has 4 heteroatoms. The van der Waals surface area contributed by atoms with Crippen molar-refractivity contribution in [3.05, 3.63) is 39.3 Å². The number of nitrogens with zero attached hydrogens (tertiary/aromatic N) is 2. The Morgan fingerprint density at radius 2 is 2.14 bits per heavy atom. The molecule has 0 aliphatic carbocycles. The Morgan fingerprint density at radius 1 is 1.36 bits per heavy atom. The fourth-order valence-corrected chi connectivity index (χ4v) is 1.95. The second kappa shape index (κ2) is 3.50. The van der Waals surface area contributed by atoms with Gasteiger partial charge in [-0.1, -0.05) is 0 Å². The molecular formula is C10H4FIN2. The zero-order valence-electron chi connectivity index (χ0n) is 6.96. The van der Waals surface area contributed by atoms with E-state index in [1.165, 1.54) is 12.1 Å². The SMILES string of the molecule is N#Cc1ccc2cc(F)cc(I)c2n1. The standard InChI is InChI=1S/C10H4FIN2/c11-7-3-6-1-2-8(5-13)14-10(6)9(12)4-7/h1-4H. The molecule has 0 saturated carbocycles. The van der Waals surface area contributed by atoms with Crippen LogP contribution in [0, 0.1) is 20.7 Å². The molecule has 0 fully saturated rings. The summed E-state index contributed by atoms with van der Waals surface area (Å²) in [6.45, 7) is 0. The highest BCUT2D eigenvalue weighted by molar-refractivity contribution is 14.1. The second-order valence-electron chi connectivity index (χ2n) is 2.77. The molecule has 0 unspecified atom stereocenters. The average molecular weight is 298 g/mol. The first-order valence-corrected chi connectivity index (χ1v) is 4.94. The van der Waals surface area contributed by atoms with Gasteiger partial charge in [-0.15, -0.1) is 0 Å². The van der Waals surface area contributed by atoms with Crippen LogP contribution >= 0.6 is 22.6 Å². The maximum atomic E-state index is 13.0. The van der Waals surface area contributed by atoms with Crippen LogP contribution in [-0.2, 0) is 0 Å². The van der Waals surface area contributed by atoms with Crippen LogP contribution in [0.4, 0.5) is 4.39 Å². The van der Waals surface area contributed by atoms with Crippen LogP contribution in [0.2, 0.25) is 0 Å². The Kier molecular flexibility index (Phi) is 2.33. The summed E-state index contributed by atoms with van der Waals surface area (Å²) in [5.41, 5.74) is 1.02. The molecule has 0 radical (unpaired) electrons. The monoisotopic (exact) mass is 298 g/mol. The van der Waals surface area contributed by atoms with E-state index in [9.17, 15) is 4.39 Å². The van der Waals surface area contributed by atoms with E-state index in [-0.39, 0.29) is 5.82 Å². The average Bonchev–Trinajstić information content (AvgIpc) is 2.17. The molecule has 0 spiro atoms. The minimum atomic E-state index is -0.284. The summed E-state index contributed by atoms with van der Waals surface area (Å²) < 4.78 is 13.7. The molecule has 2 nitrogen and oxygen atoms in total. The van der Waals surface area contributed by atoms with Gasteiger partial charge in [0.2, 0.25) is 0 Å². The molecule has 0 N–H and O–H groups in total. The van der Waals surface area contributed by atoms with Crippen LogP contribution in [0.3, 0.4) is 0 Å². The molecule has 0 bridgehead atoms. The van der Waals surface area contributed by atoms with Gasteiger partial charge in [-0.3, -0.25) is 0 Å². The van der Waals surface area contributed by atoms with Crippen molar-refractivity contribution in [2.75, 3.05) is 0 Å². The number of rotatable bonds is 0. The molecule has 0 amide bonds. The van der Waals surface area contributed by atoms with E-state index in [1.807, 2.05) is 28.7 Å². The summed E-state index contributed by atoms with van der Waals surface area (Å²) in [5.74, 6) is -0.284. The van der Waals surface area contributed by atoms with Crippen LogP contribution < -0.4 is 0 Å². The van der Waals surface area contributed by atoms with E-state index in [1.54, 1.807) is 12.1 Å². The van der Waals surface area contributed by atoms with Crippen LogP contribution in [0.1, 0.15) is 5.69 Å². The van der Waals surface area contributed by atoms with Gasteiger partial charge in [0.25, 0.3) is 0 Å². The van der Waals surface area contributed by atoms with Crippen molar-refractivity contribution < 1.29 is 4.39 Å². The van der Waals surface area contributed by atoms with Gasteiger partial charge in [0.15, 0.2) is 0 Å². The fourth-order valence-electron chi connectivity index (χ4n) is 1.22. The largest absolute Gasteiger partial charge is 0.236 e. The van der Waals surface area contributed by atoms with E-state index < -0.39 is 0 Å². The van der Waals surface area contributed by atoms with Gasteiger partial charge in [-0.25, -0.2) is 9.37 Å². The molecule has 0 aliphatic rings. The highest BCUT2D eigenvalue weighted by Crippen LogP contribution is 2.20. The Labute approximate surface area is 93.5 Å². The van der Waals surface area contributed by atoms with Crippen molar-refractivity contribution in [2.24, 2.45) is 0 Å². The third-order valence-electron chi connectivity index (χ3n) is 1.83. The molecule has 0 atom stereocenters. The topological polar surface area (TPSA) is 36.7 Å². The molecule has 68 valence electrons. The van der Waals surface area contributed by atoms with E-state index in [2.05, 4.69) is 4.98 Å². The lowest BCUT2D eigenvalue weighted by Crippen LogP contribution is -1.88. The predicted octanol–water partition coefficient (Wildman–Crippen LogP) is 2.85. The summed E-state index contributed by atoms with van der Waals surface area (Å²) >= 11 is 2.00. The molecule has 1 heterocycles. The summed E-state index contributed by atoms with van der Waals surface area (Å²) in [7, 11) is 0. The number of aromatic nitrogens is 1. The number of nitriles is 1. The molecular weight excluding hydrogens is 294 g/mol. The maximum Gasteiger partial charge on any atom is 0.141 e. The number of fused-ring (bicyclic) bond motifs is 1. The van der Waals surface area contributed by atoms with Crippen molar-refractivity contribution in [1.82, 2.24) is 4.98 Å². The Morgan fingerprint density at radius 3 is 2.86 bits per heavy atom. The molecule has 1 aromatic heterocycles. The van der Waals surface area contributed by atoms with Gasteiger partial charge in [0, 0.05) is 8.96 Å². The van der Waals surface area contributed by atoms with Crippen LogP contribution in [-0.4, -0.2) is 4.98 Å². The summed E-state index contributed by atoms with van der Waals surface area (Å²) in [6.07, 6.45) is 0. The van der Waals surface area contributed by atoms with Gasteiger partial charge in [0.05, 0.1) is 5.52 Å². The lowest BCUT2D eigenvalue weighted by atomic mass is 10.2. The lowest BCUT2D eigenvalue weighted by molar-refractivity contribution is 0.628. The van der Waals surface area contributed by atoms with E-state index >= 15 is 0 Å². The molecule has 14 heavy (non-hydrogen) atoms. The van der Waals surface area contributed by atoms with Gasteiger partial charge < -0.3 is 0 Å². The van der Waals surface area contributed by atoms with Crippen LogP contribution in [0.25, 0.3) is 10.9 Å². The normalized spacial score (nSPS) is 10.1. The van der Waals surface area contributed by atoms with Crippen molar-refractivity contribution in [3.8, 4) is 6.07 Å². The third kappa shape index (κ3) is 1.55. The van der Waals surface area contributed by atoms with Crippen LogP contribution in [0.15, 0.2) is 24.3 Å². The Bertz CT molecular complexity index is 546. The molecule has 2 aromatic rings. The predicted molar refractivity (Wildman–Crippen MR) is 59.1 cm³/mol. The van der Waals surface area contributed by atoms with Gasteiger partial charge in [0.1, 0.15) is 17.6 Å². The van der Waals surface area contributed by atoms with Crippen molar-refractivity contribution in [3.63, 3.8) is 0 Å². The number of pyridine rings is 1. The number of halogens is 2. The molecule has 2 rings (SSSR count). The van der Waals surface area contributed by atoms with Gasteiger partial charge in [-0.05, 0) is 46.9 Å². The minimum Gasteiger partial charge on any atom is -0.236 e. The second-order valence-corrected chi connectivity index (χ2v) is 3.93. The Hall–Kier alpha value is -1.22. The first-order valence-electron chi connectivity index (χ1n) is 3.86. The van der Waals surface area contributed by atoms with Crippen molar-refractivity contribution >= 4 is 33.5 Å². The number of hydrogen-bond acceptors (Lipinski definition) is 2. The summed E-state index contributed by atoms with van der Waals surface area (Å²) in [4.78, 5) is 4.10. The van der Waals surface area contributed by atoms with E-state index in [0.717, 1.165) is 3.57 Å². The zero-order valence-corrected chi connectivity index (χ0v) is 9.12. The first kappa shape index (κ1) is 9.34. The minimum absolute atomic E-state index is 0.284. The lowest BCUT2D eigenvalue weighted by Gasteiger charge is -2.00.